The van der Waals surface area contributed by atoms with Crippen molar-refractivity contribution in [1.82, 2.24) is 10.2 Å². The second-order valence-electron chi connectivity index (χ2n) is 5.33. The summed E-state index contributed by atoms with van der Waals surface area (Å²) in [5, 5.41) is 12.4. The van der Waals surface area contributed by atoms with Crippen molar-refractivity contribution in [1.29, 1.82) is 0 Å². The molecule has 3 aromatic rings. The summed E-state index contributed by atoms with van der Waals surface area (Å²) in [5.41, 5.74) is 2.39. The Hall–Kier alpha value is -2.57. The number of nitrogens with zero attached hydrogens (tertiary/aromatic N) is 2. The first-order chi connectivity index (χ1) is 12.6. The van der Waals surface area contributed by atoms with Gasteiger partial charge in [-0.3, -0.25) is 4.79 Å². The third-order valence-corrected chi connectivity index (χ3v) is 4.64. The Kier molecular flexibility index (Phi) is 6.09. The number of carbonyl (C=O) groups is 1. The first-order valence-corrected chi connectivity index (χ1v) is 9.17. The van der Waals surface area contributed by atoms with Gasteiger partial charge in [-0.05, 0) is 54.6 Å². The number of aromatic nitrogens is 2. The van der Waals surface area contributed by atoms with E-state index >= 15 is 0 Å². The number of rotatable bonds is 6. The number of anilines is 1. The monoisotopic (exact) mass is 385 g/mol. The quantitative estimate of drug-likeness (QED) is 0.631. The number of carbonyl (C=O) groups excluding carboxylic acids is 1. The fourth-order valence-corrected chi connectivity index (χ4v) is 3.02. The predicted octanol–water partition coefficient (Wildman–Crippen LogP) is 4.54. The molecule has 1 aromatic heterocycles. The van der Waals surface area contributed by atoms with Crippen LogP contribution in [0.25, 0.3) is 11.3 Å². The summed E-state index contributed by atoms with van der Waals surface area (Å²) in [6.45, 7) is 0. The minimum atomic E-state index is -0.127. The molecule has 26 heavy (non-hydrogen) atoms. The fraction of sp³-hybridized carbons (Fsp3) is 0.105. The smallest absolute Gasteiger partial charge is 0.234 e. The number of halogens is 1. The van der Waals surface area contributed by atoms with E-state index in [9.17, 15) is 4.79 Å². The van der Waals surface area contributed by atoms with Crippen molar-refractivity contribution in [3.8, 4) is 17.0 Å². The van der Waals surface area contributed by atoms with Crippen LogP contribution in [0.15, 0.2) is 65.7 Å². The standard InChI is InChI=1S/C19H16ClN3O2S/c1-25-16-7-5-13(6-8-16)17-9-10-19(23-22-17)26-12-18(24)21-15-4-2-3-14(20)11-15/h2-11H,12H2,1H3,(H,21,24). The first kappa shape index (κ1) is 18.2. The summed E-state index contributed by atoms with van der Waals surface area (Å²) in [4.78, 5) is 12.0. The lowest BCUT2D eigenvalue weighted by Gasteiger charge is -2.06. The molecule has 5 nitrogen and oxygen atoms in total. The molecule has 0 aliphatic rings. The molecule has 0 saturated heterocycles. The lowest BCUT2D eigenvalue weighted by molar-refractivity contribution is -0.113. The largest absolute Gasteiger partial charge is 0.497 e. The summed E-state index contributed by atoms with van der Waals surface area (Å²) >= 11 is 7.23. The number of thioether (sulfide) groups is 1. The van der Waals surface area contributed by atoms with Crippen LogP contribution >= 0.6 is 23.4 Å². The molecular formula is C19H16ClN3O2S. The lowest BCUT2D eigenvalue weighted by Crippen LogP contribution is -2.14. The average Bonchev–Trinajstić information content (AvgIpc) is 2.67. The third-order valence-electron chi connectivity index (χ3n) is 3.49. The maximum atomic E-state index is 12.0. The molecule has 3 rings (SSSR count). The van der Waals surface area contributed by atoms with Gasteiger partial charge in [-0.2, -0.15) is 0 Å². The number of hydrogen-bond acceptors (Lipinski definition) is 5. The van der Waals surface area contributed by atoms with Gasteiger partial charge in [0.05, 0.1) is 18.6 Å². The maximum absolute atomic E-state index is 12.0. The summed E-state index contributed by atoms with van der Waals surface area (Å²) in [5.74, 6) is 0.904. The highest BCUT2D eigenvalue weighted by Crippen LogP contribution is 2.22. The molecule has 1 heterocycles. The Morgan fingerprint density at radius 3 is 2.58 bits per heavy atom. The van der Waals surface area contributed by atoms with Crippen molar-refractivity contribution in [2.75, 3.05) is 18.2 Å². The van der Waals surface area contributed by atoms with E-state index in [4.69, 9.17) is 16.3 Å². The van der Waals surface area contributed by atoms with Gasteiger partial charge >= 0.3 is 0 Å². The summed E-state index contributed by atoms with van der Waals surface area (Å²) < 4.78 is 5.14. The predicted molar refractivity (Wildman–Crippen MR) is 105 cm³/mol. The van der Waals surface area contributed by atoms with Crippen LogP contribution in [-0.4, -0.2) is 29.0 Å². The zero-order chi connectivity index (χ0) is 18.4. The van der Waals surface area contributed by atoms with Crippen molar-refractivity contribution >= 4 is 35.0 Å². The summed E-state index contributed by atoms with van der Waals surface area (Å²) in [7, 11) is 1.63. The molecule has 132 valence electrons. The number of methoxy groups -OCH3 is 1. The van der Waals surface area contributed by atoms with Crippen molar-refractivity contribution in [2.45, 2.75) is 5.03 Å². The molecule has 0 aliphatic carbocycles. The fourth-order valence-electron chi connectivity index (χ4n) is 2.22. The van der Waals surface area contributed by atoms with Crippen molar-refractivity contribution < 1.29 is 9.53 Å². The van der Waals surface area contributed by atoms with E-state index in [1.165, 1.54) is 11.8 Å². The highest BCUT2D eigenvalue weighted by molar-refractivity contribution is 7.99. The van der Waals surface area contributed by atoms with Crippen molar-refractivity contribution in [3.05, 3.63) is 65.7 Å². The molecular weight excluding hydrogens is 370 g/mol. The molecule has 1 amide bonds. The Balaban J connectivity index is 1.56. The van der Waals surface area contributed by atoms with E-state index in [2.05, 4.69) is 15.5 Å². The Morgan fingerprint density at radius 1 is 1.12 bits per heavy atom. The minimum Gasteiger partial charge on any atom is -0.497 e. The molecule has 0 fully saturated rings. The summed E-state index contributed by atoms with van der Waals surface area (Å²) in [6.07, 6.45) is 0. The van der Waals surface area contributed by atoms with Gasteiger partial charge in [0.1, 0.15) is 10.8 Å². The van der Waals surface area contributed by atoms with Crippen LogP contribution in [0.5, 0.6) is 5.75 Å². The highest BCUT2D eigenvalue weighted by atomic mass is 35.5. The van der Waals surface area contributed by atoms with Gasteiger partial charge in [-0.25, -0.2) is 0 Å². The lowest BCUT2D eigenvalue weighted by atomic mass is 10.1. The van der Waals surface area contributed by atoms with Gasteiger partial charge in [-0.1, -0.05) is 29.4 Å². The van der Waals surface area contributed by atoms with E-state index in [-0.39, 0.29) is 11.7 Å². The topological polar surface area (TPSA) is 64.1 Å². The molecule has 7 heteroatoms. The van der Waals surface area contributed by atoms with Gasteiger partial charge in [0.15, 0.2) is 0 Å². The molecule has 2 aromatic carbocycles. The molecule has 0 atom stereocenters. The molecule has 0 bridgehead atoms. The van der Waals surface area contributed by atoms with Gasteiger partial charge < -0.3 is 10.1 Å². The average molecular weight is 386 g/mol. The van der Waals surface area contributed by atoms with Gasteiger partial charge in [0, 0.05) is 16.3 Å². The van der Waals surface area contributed by atoms with Gasteiger partial charge in [-0.15, -0.1) is 10.2 Å². The molecule has 1 N–H and O–H groups in total. The van der Waals surface area contributed by atoms with E-state index in [1.54, 1.807) is 31.4 Å². The van der Waals surface area contributed by atoms with Crippen LogP contribution in [-0.2, 0) is 4.79 Å². The van der Waals surface area contributed by atoms with Crippen LogP contribution in [0.1, 0.15) is 0 Å². The van der Waals surface area contributed by atoms with E-state index in [0.29, 0.717) is 15.7 Å². The van der Waals surface area contributed by atoms with Crippen LogP contribution < -0.4 is 10.1 Å². The SMILES string of the molecule is COc1ccc(-c2ccc(SCC(=O)Nc3cccc(Cl)c3)nn2)cc1. The van der Waals surface area contributed by atoms with Crippen LogP contribution in [0, 0.1) is 0 Å². The number of nitrogens with one attached hydrogen (secondary N) is 1. The number of hydrogen-bond donors (Lipinski definition) is 1. The second-order valence-corrected chi connectivity index (χ2v) is 6.76. The second kappa shape index (κ2) is 8.69. The normalized spacial score (nSPS) is 10.4. The molecule has 0 radical (unpaired) electrons. The highest BCUT2D eigenvalue weighted by Gasteiger charge is 2.07. The molecule has 0 unspecified atom stereocenters. The number of benzene rings is 2. The summed E-state index contributed by atoms with van der Waals surface area (Å²) in [6, 6.07) is 18.4. The van der Waals surface area contributed by atoms with Crippen molar-refractivity contribution in [3.63, 3.8) is 0 Å². The van der Waals surface area contributed by atoms with Crippen LogP contribution in [0.3, 0.4) is 0 Å². The zero-order valence-corrected chi connectivity index (χ0v) is 15.6. The van der Waals surface area contributed by atoms with Crippen LogP contribution in [0.4, 0.5) is 5.69 Å². The van der Waals surface area contributed by atoms with E-state index in [1.807, 2.05) is 36.4 Å². The van der Waals surface area contributed by atoms with Gasteiger partial charge in [0.2, 0.25) is 5.91 Å². The Morgan fingerprint density at radius 2 is 1.92 bits per heavy atom. The van der Waals surface area contributed by atoms with Gasteiger partial charge in [0.25, 0.3) is 0 Å². The molecule has 0 spiro atoms. The maximum Gasteiger partial charge on any atom is 0.234 e. The Bertz CT molecular complexity index is 886. The van der Waals surface area contributed by atoms with Crippen LogP contribution in [0.2, 0.25) is 5.02 Å². The minimum absolute atomic E-state index is 0.127. The van der Waals surface area contributed by atoms with E-state index < -0.39 is 0 Å². The first-order valence-electron chi connectivity index (χ1n) is 7.80. The zero-order valence-electron chi connectivity index (χ0n) is 14.0. The van der Waals surface area contributed by atoms with E-state index in [0.717, 1.165) is 17.0 Å². The Labute approximate surface area is 160 Å². The molecule has 0 aliphatic heterocycles. The molecule has 0 saturated carbocycles. The number of amides is 1. The van der Waals surface area contributed by atoms with Crippen molar-refractivity contribution in [2.24, 2.45) is 0 Å². The third kappa shape index (κ3) is 4.97. The number of ether oxygens (including phenoxy) is 1.